The van der Waals surface area contributed by atoms with Crippen LogP contribution in [0.5, 0.6) is 0 Å². The molecule has 2 saturated heterocycles. The van der Waals surface area contributed by atoms with E-state index in [1.165, 1.54) is 45.3 Å². The van der Waals surface area contributed by atoms with Crippen LogP contribution in [-0.2, 0) is 0 Å². The maximum absolute atomic E-state index is 4.59. The molecule has 2 aliphatic heterocycles. The number of likely N-dealkylation sites (N-methyl/N-ethyl adjacent to an activating group) is 2. The van der Waals surface area contributed by atoms with Crippen molar-refractivity contribution in [2.45, 2.75) is 51.6 Å². The SMILES string of the molecule is CN=C(NCC1CN(C)CCN1C)N1CCN(C2CCC(C(C)C)CC2)CC1. The molecule has 0 spiro atoms. The summed E-state index contributed by atoms with van der Waals surface area (Å²) >= 11 is 0. The Hall–Kier alpha value is -0.850. The van der Waals surface area contributed by atoms with Crippen LogP contribution >= 0.6 is 0 Å². The highest BCUT2D eigenvalue weighted by Crippen LogP contribution is 2.32. The Morgan fingerprint density at radius 1 is 0.964 bits per heavy atom. The molecule has 6 heteroatoms. The number of nitrogens with zero attached hydrogens (tertiary/aromatic N) is 5. The Morgan fingerprint density at radius 3 is 2.25 bits per heavy atom. The smallest absolute Gasteiger partial charge is 0.193 e. The van der Waals surface area contributed by atoms with Crippen LogP contribution in [0.3, 0.4) is 0 Å². The van der Waals surface area contributed by atoms with Gasteiger partial charge in [-0.3, -0.25) is 14.8 Å². The molecule has 3 rings (SSSR count). The minimum Gasteiger partial charge on any atom is -0.355 e. The third-order valence-electron chi connectivity index (χ3n) is 7.50. The first-order valence-electron chi connectivity index (χ1n) is 11.6. The molecule has 1 atom stereocenters. The summed E-state index contributed by atoms with van der Waals surface area (Å²) in [6.45, 7) is 13.8. The molecular weight excluding hydrogens is 348 g/mol. The van der Waals surface area contributed by atoms with Crippen molar-refractivity contribution in [3.63, 3.8) is 0 Å². The molecule has 162 valence electrons. The van der Waals surface area contributed by atoms with Crippen molar-refractivity contribution in [2.75, 3.05) is 73.5 Å². The monoisotopic (exact) mass is 392 g/mol. The van der Waals surface area contributed by atoms with E-state index >= 15 is 0 Å². The summed E-state index contributed by atoms with van der Waals surface area (Å²) in [5, 5.41) is 3.66. The third kappa shape index (κ3) is 5.61. The van der Waals surface area contributed by atoms with Crippen molar-refractivity contribution >= 4 is 5.96 Å². The van der Waals surface area contributed by atoms with Gasteiger partial charge in [-0.15, -0.1) is 0 Å². The zero-order chi connectivity index (χ0) is 20.1. The Kier molecular flexibility index (Phi) is 8.01. The second-order valence-corrected chi connectivity index (χ2v) is 9.66. The van der Waals surface area contributed by atoms with Crippen LogP contribution in [-0.4, -0.2) is 111 Å². The molecule has 0 bridgehead atoms. The number of hydrogen-bond donors (Lipinski definition) is 1. The topological polar surface area (TPSA) is 37.4 Å². The van der Waals surface area contributed by atoms with Gasteiger partial charge in [-0.1, -0.05) is 13.8 Å². The number of nitrogens with one attached hydrogen (secondary N) is 1. The fourth-order valence-electron chi connectivity index (χ4n) is 5.30. The van der Waals surface area contributed by atoms with Gasteiger partial charge < -0.3 is 15.1 Å². The minimum atomic E-state index is 0.563. The van der Waals surface area contributed by atoms with Gasteiger partial charge in [0.15, 0.2) is 5.96 Å². The van der Waals surface area contributed by atoms with Gasteiger partial charge in [-0.25, -0.2) is 0 Å². The summed E-state index contributed by atoms with van der Waals surface area (Å²) < 4.78 is 0. The Bertz CT molecular complexity index is 491. The maximum Gasteiger partial charge on any atom is 0.193 e. The Morgan fingerprint density at radius 2 is 1.64 bits per heavy atom. The lowest BCUT2D eigenvalue weighted by Crippen LogP contribution is -2.58. The standard InChI is InChI=1S/C22H44N6/c1-18(2)19-6-8-20(9-7-19)27-12-14-28(15-13-27)22(23-3)24-16-21-17-25(4)10-11-26(21)5/h18-21H,6-17H2,1-5H3,(H,23,24). The highest BCUT2D eigenvalue weighted by Gasteiger charge is 2.30. The molecule has 1 aliphatic carbocycles. The summed E-state index contributed by atoms with van der Waals surface area (Å²) in [5.41, 5.74) is 0. The van der Waals surface area contributed by atoms with Crippen molar-refractivity contribution in [3.05, 3.63) is 0 Å². The first-order valence-corrected chi connectivity index (χ1v) is 11.6. The lowest BCUT2D eigenvalue weighted by molar-refractivity contribution is 0.0854. The predicted molar refractivity (Wildman–Crippen MR) is 119 cm³/mol. The summed E-state index contributed by atoms with van der Waals surface area (Å²) in [4.78, 5) is 14.7. The van der Waals surface area contributed by atoms with Gasteiger partial charge in [0.2, 0.25) is 0 Å². The maximum atomic E-state index is 4.59. The van der Waals surface area contributed by atoms with Crippen LogP contribution in [0.25, 0.3) is 0 Å². The third-order valence-corrected chi connectivity index (χ3v) is 7.50. The van der Waals surface area contributed by atoms with E-state index in [0.29, 0.717) is 6.04 Å². The van der Waals surface area contributed by atoms with Gasteiger partial charge >= 0.3 is 0 Å². The molecular formula is C22H44N6. The molecule has 1 unspecified atom stereocenters. The zero-order valence-corrected chi connectivity index (χ0v) is 19.0. The van der Waals surface area contributed by atoms with Crippen LogP contribution in [0.15, 0.2) is 4.99 Å². The molecule has 0 amide bonds. The molecule has 3 aliphatic rings. The first kappa shape index (κ1) is 21.8. The van der Waals surface area contributed by atoms with Crippen LogP contribution in [0.2, 0.25) is 0 Å². The summed E-state index contributed by atoms with van der Waals surface area (Å²) in [6, 6.07) is 1.38. The number of guanidine groups is 1. The molecule has 6 nitrogen and oxygen atoms in total. The fraction of sp³-hybridized carbons (Fsp3) is 0.955. The number of aliphatic imine (C=N–C) groups is 1. The van der Waals surface area contributed by atoms with E-state index in [2.05, 4.69) is 57.9 Å². The molecule has 1 N–H and O–H groups in total. The lowest BCUT2D eigenvalue weighted by Gasteiger charge is -2.43. The summed E-state index contributed by atoms with van der Waals surface area (Å²) in [5.74, 6) is 2.90. The van der Waals surface area contributed by atoms with Gasteiger partial charge in [0.05, 0.1) is 0 Å². The number of rotatable bonds is 4. The molecule has 0 aromatic heterocycles. The van der Waals surface area contributed by atoms with Crippen molar-refractivity contribution in [2.24, 2.45) is 16.8 Å². The molecule has 28 heavy (non-hydrogen) atoms. The van der Waals surface area contributed by atoms with E-state index in [1.807, 2.05) is 7.05 Å². The quantitative estimate of drug-likeness (QED) is 0.582. The summed E-state index contributed by atoms with van der Waals surface area (Å²) in [6.07, 6.45) is 5.65. The van der Waals surface area contributed by atoms with Crippen molar-refractivity contribution < 1.29 is 0 Å². The Labute approximate surface area is 173 Å². The Balaban J connectivity index is 1.42. The van der Waals surface area contributed by atoms with E-state index in [4.69, 9.17) is 0 Å². The van der Waals surface area contributed by atoms with Crippen molar-refractivity contribution in [3.8, 4) is 0 Å². The number of piperazine rings is 2. The average Bonchev–Trinajstić information content (AvgIpc) is 2.71. The molecule has 1 saturated carbocycles. The second-order valence-electron chi connectivity index (χ2n) is 9.66. The molecule has 2 heterocycles. The van der Waals surface area contributed by atoms with Crippen LogP contribution < -0.4 is 5.32 Å². The highest BCUT2D eigenvalue weighted by atomic mass is 15.4. The van der Waals surface area contributed by atoms with E-state index in [-0.39, 0.29) is 0 Å². The van der Waals surface area contributed by atoms with Gasteiger partial charge in [0.1, 0.15) is 0 Å². The van der Waals surface area contributed by atoms with Crippen LogP contribution in [0.1, 0.15) is 39.5 Å². The van der Waals surface area contributed by atoms with Crippen LogP contribution in [0, 0.1) is 11.8 Å². The minimum absolute atomic E-state index is 0.563. The fourth-order valence-corrected chi connectivity index (χ4v) is 5.30. The van der Waals surface area contributed by atoms with Gasteiger partial charge in [0, 0.05) is 71.5 Å². The molecule has 0 aromatic rings. The van der Waals surface area contributed by atoms with E-state index in [0.717, 1.165) is 56.6 Å². The van der Waals surface area contributed by atoms with Crippen molar-refractivity contribution in [1.82, 2.24) is 24.9 Å². The summed E-state index contributed by atoms with van der Waals surface area (Å²) in [7, 11) is 6.40. The van der Waals surface area contributed by atoms with Gasteiger partial charge in [-0.05, 0) is 51.6 Å². The van der Waals surface area contributed by atoms with Crippen molar-refractivity contribution in [1.29, 1.82) is 0 Å². The van der Waals surface area contributed by atoms with E-state index in [1.54, 1.807) is 0 Å². The predicted octanol–water partition coefficient (Wildman–Crippen LogP) is 1.64. The van der Waals surface area contributed by atoms with E-state index < -0.39 is 0 Å². The molecule has 0 aromatic carbocycles. The molecule has 3 fully saturated rings. The number of hydrogen-bond acceptors (Lipinski definition) is 4. The second kappa shape index (κ2) is 10.3. The highest BCUT2D eigenvalue weighted by molar-refractivity contribution is 5.80. The first-order chi connectivity index (χ1) is 13.5. The van der Waals surface area contributed by atoms with Gasteiger partial charge in [-0.2, -0.15) is 0 Å². The largest absolute Gasteiger partial charge is 0.355 e. The van der Waals surface area contributed by atoms with Gasteiger partial charge in [0.25, 0.3) is 0 Å². The normalized spacial score (nSPS) is 32.1. The average molecular weight is 393 g/mol. The zero-order valence-electron chi connectivity index (χ0n) is 19.0. The van der Waals surface area contributed by atoms with E-state index in [9.17, 15) is 0 Å². The van der Waals surface area contributed by atoms with Crippen LogP contribution in [0.4, 0.5) is 0 Å². The lowest BCUT2D eigenvalue weighted by atomic mass is 9.79. The molecule has 0 radical (unpaired) electrons.